The summed E-state index contributed by atoms with van der Waals surface area (Å²) in [5.41, 5.74) is 6.26. The average molecular weight is 344 g/mol. The van der Waals surface area contributed by atoms with E-state index in [0.717, 1.165) is 50.7 Å². The molecule has 2 aromatic heterocycles. The molecule has 1 amide bonds. The molecule has 0 saturated heterocycles. The van der Waals surface area contributed by atoms with Gasteiger partial charge in [0.2, 0.25) is 0 Å². The number of rotatable bonds is 3. The highest BCUT2D eigenvalue weighted by molar-refractivity contribution is 6.04. The van der Waals surface area contributed by atoms with Crippen LogP contribution in [0.3, 0.4) is 0 Å². The third-order valence-electron chi connectivity index (χ3n) is 5.15. The number of carbonyl (C=O) groups excluding carboxylic acids is 1. The molecule has 0 aliphatic carbocycles. The van der Waals surface area contributed by atoms with Crippen molar-refractivity contribution in [2.45, 2.75) is 12.6 Å². The Morgan fingerprint density at radius 3 is 2.77 bits per heavy atom. The number of H-pyrrole nitrogens is 2. The van der Waals surface area contributed by atoms with E-state index >= 15 is 0 Å². The number of nitrogens with one attached hydrogen (secondary N) is 3. The van der Waals surface area contributed by atoms with E-state index in [9.17, 15) is 4.79 Å². The molecule has 0 unspecified atom stereocenters. The lowest BCUT2D eigenvalue weighted by Gasteiger charge is -2.16. The summed E-state index contributed by atoms with van der Waals surface area (Å²) in [6.07, 6.45) is 1.91. The van der Waals surface area contributed by atoms with Crippen molar-refractivity contribution in [2.75, 3.05) is 14.1 Å². The Bertz CT molecular complexity index is 1150. The molecule has 0 spiro atoms. The van der Waals surface area contributed by atoms with Crippen molar-refractivity contribution < 1.29 is 4.79 Å². The van der Waals surface area contributed by atoms with Gasteiger partial charge in [-0.05, 0) is 43.9 Å². The average Bonchev–Trinajstić information content (AvgIpc) is 3.28. The van der Waals surface area contributed by atoms with Crippen LogP contribution < -0.4 is 5.32 Å². The van der Waals surface area contributed by atoms with Crippen LogP contribution in [-0.4, -0.2) is 34.9 Å². The largest absolute Gasteiger partial charge is 0.361 e. The van der Waals surface area contributed by atoms with Gasteiger partial charge in [-0.15, -0.1) is 0 Å². The minimum Gasteiger partial charge on any atom is -0.361 e. The highest BCUT2D eigenvalue weighted by Gasteiger charge is 2.33. The number of hydrogen-bond acceptors (Lipinski definition) is 2. The van der Waals surface area contributed by atoms with Crippen LogP contribution in [0.2, 0.25) is 0 Å². The number of amides is 1. The molecular formula is C21H20N4O. The molecule has 1 aliphatic rings. The van der Waals surface area contributed by atoms with Crippen molar-refractivity contribution in [1.29, 1.82) is 0 Å². The highest BCUT2D eigenvalue weighted by Crippen LogP contribution is 2.38. The topological polar surface area (TPSA) is 63.9 Å². The third-order valence-corrected chi connectivity index (χ3v) is 5.15. The van der Waals surface area contributed by atoms with Gasteiger partial charge < -0.3 is 20.2 Å². The zero-order valence-corrected chi connectivity index (χ0v) is 14.8. The molecule has 1 aliphatic heterocycles. The van der Waals surface area contributed by atoms with E-state index in [2.05, 4.69) is 52.5 Å². The number of aromatic amines is 2. The van der Waals surface area contributed by atoms with Crippen molar-refractivity contribution in [3.05, 3.63) is 71.0 Å². The van der Waals surface area contributed by atoms with Gasteiger partial charge >= 0.3 is 0 Å². The van der Waals surface area contributed by atoms with Gasteiger partial charge in [-0.1, -0.05) is 18.2 Å². The molecule has 5 nitrogen and oxygen atoms in total. The summed E-state index contributed by atoms with van der Waals surface area (Å²) in [7, 11) is 4.11. The number of nitrogens with zero attached hydrogens (tertiary/aromatic N) is 1. The lowest BCUT2D eigenvalue weighted by Crippen LogP contribution is -2.22. The van der Waals surface area contributed by atoms with Crippen LogP contribution in [0.15, 0.2) is 48.7 Å². The smallest absolute Gasteiger partial charge is 0.252 e. The number of carbonyl (C=O) groups is 1. The van der Waals surface area contributed by atoms with Gasteiger partial charge in [0.25, 0.3) is 5.91 Å². The van der Waals surface area contributed by atoms with Crippen molar-refractivity contribution >= 4 is 27.7 Å². The maximum Gasteiger partial charge on any atom is 0.252 e. The molecule has 0 bridgehead atoms. The molecule has 0 radical (unpaired) electrons. The van der Waals surface area contributed by atoms with E-state index in [0.29, 0.717) is 0 Å². The van der Waals surface area contributed by atoms with Gasteiger partial charge in [-0.25, -0.2) is 0 Å². The van der Waals surface area contributed by atoms with Crippen LogP contribution in [0.1, 0.15) is 33.2 Å². The van der Waals surface area contributed by atoms with E-state index < -0.39 is 0 Å². The summed E-state index contributed by atoms with van der Waals surface area (Å²) < 4.78 is 0. The maximum atomic E-state index is 12.7. The molecule has 130 valence electrons. The SMILES string of the molecule is CN(C)Cc1[nH]c2ccccc2c1[C@@H]1NC(=O)c2cc3cc[nH]c3cc21. The highest BCUT2D eigenvalue weighted by atomic mass is 16.2. The Morgan fingerprint density at radius 1 is 1.08 bits per heavy atom. The van der Waals surface area contributed by atoms with E-state index in [1.807, 2.05) is 30.5 Å². The number of fused-ring (bicyclic) bond motifs is 3. The Morgan fingerprint density at radius 2 is 1.92 bits per heavy atom. The molecule has 5 heteroatoms. The summed E-state index contributed by atoms with van der Waals surface area (Å²) in [4.78, 5) is 21.6. The number of aromatic nitrogens is 2. The summed E-state index contributed by atoms with van der Waals surface area (Å²) in [6.45, 7) is 0.788. The predicted octanol–water partition coefficient (Wildman–Crippen LogP) is 3.54. The molecule has 3 N–H and O–H groups in total. The van der Waals surface area contributed by atoms with Gasteiger partial charge in [-0.2, -0.15) is 0 Å². The molecule has 26 heavy (non-hydrogen) atoms. The normalized spacial score (nSPS) is 16.6. The summed E-state index contributed by atoms with van der Waals surface area (Å²) in [5, 5.41) is 5.42. The van der Waals surface area contributed by atoms with E-state index in [4.69, 9.17) is 0 Å². The summed E-state index contributed by atoms with van der Waals surface area (Å²) in [6, 6.07) is 14.2. The van der Waals surface area contributed by atoms with Gasteiger partial charge in [0.15, 0.2) is 0 Å². The van der Waals surface area contributed by atoms with Crippen LogP contribution in [0.4, 0.5) is 0 Å². The number of benzene rings is 2. The zero-order chi connectivity index (χ0) is 17.8. The van der Waals surface area contributed by atoms with Crippen LogP contribution >= 0.6 is 0 Å². The molecule has 3 heterocycles. The van der Waals surface area contributed by atoms with E-state index in [1.54, 1.807) is 0 Å². The lowest BCUT2D eigenvalue weighted by molar-refractivity contribution is 0.0960. The molecule has 2 aromatic carbocycles. The third kappa shape index (κ3) is 2.17. The maximum absolute atomic E-state index is 12.7. The monoisotopic (exact) mass is 344 g/mol. The van der Waals surface area contributed by atoms with Gasteiger partial charge in [-0.3, -0.25) is 4.79 Å². The van der Waals surface area contributed by atoms with Gasteiger partial charge in [0.1, 0.15) is 0 Å². The van der Waals surface area contributed by atoms with Crippen molar-refractivity contribution in [1.82, 2.24) is 20.2 Å². The number of hydrogen-bond donors (Lipinski definition) is 3. The molecule has 0 saturated carbocycles. The first kappa shape index (κ1) is 15.2. The summed E-state index contributed by atoms with van der Waals surface area (Å²) >= 11 is 0. The van der Waals surface area contributed by atoms with Crippen LogP contribution in [0.25, 0.3) is 21.8 Å². The first-order valence-electron chi connectivity index (χ1n) is 8.78. The van der Waals surface area contributed by atoms with E-state index in [-0.39, 0.29) is 11.9 Å². The second-order valence-electron chi connectivity index (χ2n) is 7.21. The van der Waals surface area contributed by atoms with Crippen LogP contribution in [0.5, 0.6) is 0 Å². The fourth-order valence-corrected chi connectivity index (χ4v) is 4.06. The molecule has 1 atom stereocenters. The van der Waals surface area contributed by atoms with Crippen molar-refractivity contribution in [2.24, 2.45) is 0 Å². The Labute approximate surface area is 151 Å². The molecule has 4 aromatic rings. The van der Waals surface area contributed by atoms with Crippen LogP contribution in [0, 0.1) is 0 Å². The fourth-order valence-electron chi connectivity index (χ4n) is 4.06. The van der Waals surface area contributed by atoms with Crippen molar-refractivity contribution in [3.8, 4) is 0 Å². The quantitative estimate of drug-likeness (QED) is 0.532. The molecule has 5 rings (SSSR count). The zero-order valence-electron chi connectivity index (χ0n) is 14.8. The van der Waals surface area contributed by atoms with E-state index in [1.165, 1.54) is 0 Å². The standard InChI is InChI=1S/C21H20N4O/c1-25(2)11-18-19(13-5-3-4-6-16(13)23-18)20-14-10-17-12(7-8-22-17)9-15(14)21(26)24-20/h3-10,20,22-23H,11H2,1-2H3,(H,24,26)/t20-/m1/s1. The first-order chi connectivity index (χ1) is 12.6. The minimum atomic E-state index is -0.142. The number of para-hydroxylation sites is 1. The Balaban J connectivity index is 1.75. The van der Waals surface area contributed by atoms with Crippen LogP contribution in [-0.2, 0) is 6.54 Å². The Hall–Kier alpha value is -3.05. The van der Waals surface area contributed by atoms with Crippen molar-refractivity contribution in [3.63, 3.8) is 0 Å². The summed E-state index contributed by atoms with van der Waals surface area (Å²) in [5.74, 6) is -0.00539. The van der Waals surface area contributed by atoms with Gasteiger partial charge in [0.05, 0.1) is 6.04 Å². The fraction of sp³-hybridized carbons (Fsp3) is 0.190. The molecular weight excluding hydrogens is 324 g/mol. The molecule has 0 fully saturated rings. The Kier molecular flexibility index (Phi) is 3.21. The lowest BCUT2D eigenvalue weighted by atomic mass is 9.95. The minimum absolute atomic E-state index is 0.00539. The second kappa shape index (κ2) is 5.47. The predicted molar refractivity (Wildman–Crippen MR) is 103 cm³/mol. The van der Waals surface area contributed by atoms with Gasteiger partial charge in [0, 0.05) is 51.4 Å². The second-order valence-corrected chi connectivity index (χ2v) is 7.21. The first-order valence-corrected chi connectivity index (χ1v) is 8.78.